The van der Waals surface area contributed by atoms with Crippen LogP contribution in [0.1, 0.15) is 20.3 Å². The van der Waals surface area contributed by atoms with Crippen LogP contribution in [0.2, 0.25) is 0 Å². The van der Waals surface area contributed by atoms with Gasteiger partial charge in [-0.2, -0.15) is 4.31 Å². The summed E-state index contributed by atoms with van der Waals surface area (Å²) in [6.07, 6.45) is 0.729. The monoisotopic (exact) mass is 401 g/mol. The molecule has 27 heavy (non-hydrogen) atoms. The van der Waals surface area contributed by atoms with Crippen molar-refractivity contribution in [3.63, 3.8) is 0 Å². The quantitative estimate of drug-likeness (QED) is 0.675. The van der Waals surface area contributed by atoms with Crippen LogP contribution in [-0.2, 0) is 14.8 Å². The molecule has 0 aliphatic carbocycles. The molecule has 1 aliphatic heterocycles. The predicted molar refractivity (Wildman–Crippen MR) is 100 cm³/mol. The molecule has 0 unspecified atom stereocenters. The van der Waals surface area contributed by atoms with Gasteiger partial charge in [-0.05, 0) is 30.5 Å². The second-order valence-electron chi connectivity index (χ2n) is 6.90. The Balaban J connectivity index is 1.75. The molecule has 0 aromatic heterocycles. The molecular weight excluding hydrogens is 373 g/mol. The largest absolute Gasteiger partial charge is 0.381 e. The van der Waals surface area contributed by atoms with Crippen LogP contribution in [0.15, 0.2) is 29.2 Å². The minimum absolute atomic E-state index is 0.0678. The highest BCUT2D eigenvalue weighted by Crippen LogP contribution is 2.18. The second-order valence-corrected chi connectivity index (χ2v) is 8.84. The number of carbonyl (C=O) groups is 1. The highest BCUT2D eigenvalue weighted by molar-refractivity contribution is 7.89. The summed E-state index contributed by atoms with van der Waals surface area (Å²) in [7, 11) is -3.75. The zero-order chi connectivity index (χ0) is 19.9. The topological polar surface area (TPSA) is 79.0 Å². The molecule has 0 saturated carbocycles. The lowest BCUT2D eigenvalue weighted by Gasteiger charge is -2.34. The summed E-state index contributed by atoms with van der Waals surface area (Å²) in [5.41, 5.74) is 0. The molecule has 1 N–H and O–H groups in total. The van der Waals surface area contributed by atoms with E-state index in [1.807, 2.05) is 0 Å². The summed E-state index contributed by atoms with van der Waals surface area (Å²) in [4.78, 5) is 13.7. The molecule has 1 saturated heterocycles. The van der Waals surface area contributed by atoms with Gasteiger partial charge in [-0.15, -0.1) is 0 Å². The van der Waals surface area contributed by atoms with E-state index in [-0.39, 0.29) is 24.0 Å². The third kappa shape index (κ3) is 6.44. The van der Waals surface area contributed by atoms with Crippen molar-refractivity contribution in [3.05, 3.63) is 30.1 Å². The zero-order valence-electron chi connectivity index (χ0n) is 15.9. The molecule has 9 heteroatoms. The number of nitrogens with one attached hydrogen (secondary N) is 1. The summed E-state index contributed by atoms with van der Waals surface area (Å²) < 4.78 is 45.2. The number of halogens is 1. The van der Waals surface area contributed by atoms with Gasteiger partial charge in [-0.25, -0.2) is 17.6 Å². The number of piperazine rings is 1. The first kappa shape index (κ1) is 21.6. The van der Waals surface area contributed by atoms with Gasteiger partial charge < -0.3 is 15.0 Å². The van der Waals surface area contributed by atoms with Crippen LogP contribution in [0, 0.1) is 11.7 Å². The van der Waals surface area contributed by atoms with E-state index in [4.69, 9.17) is 4.74 Å². The van der Waals surface area contributed by atoms with Crippen LogP contribution in [0.5, 0.6) is 0 Å². The van der Waals surface area contributed by atoms with Gasteiger partial charge in [0.25, 0.3) is 0 Å². The molecule has 1 heterocycles. The van der Waals surface area contributed by atoms with Crippen LogP contribution >= 0.6 is 0 Å². The van der Waals surface area contributed by atoms with E-state index in [9.17, 15) is 17.6 Å². The fourth-order valence-corrected chi connectivity index (χ4v) is 4.16. The molecule has 1 fully saturated rings. The lowest BCUT2D eigenvalue weighted by molar-refractivity contribution is 0.107. The van der Waals surface area contributed by atoms with Gasteiger partial charge >= 0.3 is 6.03 Å². The number of hydrogen-bond acceptors (Lipinski definition) is 4. The predicted octanol–water partition coefficient (Wildman–Crippen LogP) is 1.90. The van der Waals surface area contributed by atoms with E-state index in [0.717, 1.165) is 12.5 Å². The van der Waals surface area contributed by atoms with Crippen LogP contribution in [0.3, 0.4) is 0 Å². The molecule has 152 valence electrons. The number of benzene rings is 1. The molecular formula is C18H28FN3O4S. The van der Waals surface area contributed by atoms with E-state index in [2.05, 4.69) is 19.2 Å². The molecule has 2 amide bonds. The van der Waals surface area contributed by atoms with Gasteiger partial charge in [-0.3, -0.25) is 0 Å². The van der Waals surface area contributed by atoms with Crippen molar-refractivity contribution in [2.75, 3.05) is 45.9 Å². The van der Waals surface area contributed by atoms with Gasteiger partial charge in [-0.1, -0.05) is 19.9 Å². The van der Waals surface area contributed by atoms with Gasteiger partial charge in [0.2, 0.25) is 10.0 Å². The maximum atomic E-state index is 13.3. The van der Waals surface area contributed by atoms with Crippen molar-refractivity contribution in [2.24, 2.45) is 5.92 Å². The van der Waals surface area contributed by atoms with E-state index >= 15 is 0 Å². The number of carbonyl (C=O) groups excluding carboxylic acids is 1. The summed E-state index contributed by atoms with van der Waals surface area (Å²) >= 11 is 0. The van der Waals surface area contributed by atoms with Crippen molar-refractivity contribution in [1.29, 1.82) is 0 Å². The molecule has 2 rings (SSSR count). The molecule has 0 radical (unpaired) electrons. The number of hydrogen-bond donors (Lipinski definition) is 1. The van der Waals surface area contributed by atoms with Crippen molar-refractivity contribution in [2.45, 2.75) is 25.2 Å². The number of rotatable bonds is 8. The smallest absolute Gasteiger partial charge is 0.317 e. The first-order chi connectivity index (χ1) is 12.8. The van der Waals surface area contributed by atoms with Crippen LogP contribution < -0.4 is 5.32 Å². The number of amides is 2. The van der Waals surface area contributed by atoms with Crippen molar-refractivity contribution < 1.29 is 22.3 Å². The van der Waals surface area contributed by atoms with Gasteiger partial charge in [0, 0.05) is 45.9 Å². The Bertz CT molecular complexity index is 719. The normalized spacial score (nSPS) is 15.9. The van der Waals surface area contributed by atoms with Crippen LogP contribution in [0.25, 0.3) is 0 Å². The fraction of sp³-hybridized carbons (Fsp3) is 0.611. The molecule has 0 spiro atoms. The Morgan fingerprint density at radius 2 is 1.96 bits per heavy atom. The number of nitrogens with zero attached hydrogens (tertiary/aromatic N) is 2. The summed E-state index contributed by atoms with van der Waals surface area (Å²) in [6.45, 7) is 6.93. The maximum absolute atomic E-state index is 13.3. The van der Waals surface area contributed by atoms with E-state index in [1.165, 1.54) is 22.5 Å². The number of ether oxygens (including phenoxy) is 1. The van der Waals surface area contributed by atoms with E-state index < -0.39 is 15.8 Å². The lowest BCUT2D eigenvalue weighted by atomic mass is 10.2. The standard InChI is InChI=1S/C18H28FN3O4S/c1-15(2)14-26-12-4-7-20-18(23)21-8-10-22(11-9-21)27(24,25)17-6-3-5-16(19)13-17/h3,5-6,13,15H,4,7-12,14H2,1-2H3,(H,20,23). The maximum Gasteiger partial charge on any atom is 0.317 e. The van der Waals surface area contributed by atoms with Gasteiger partial charge in [0.15, 0.2) is 0 Å². The first-order valence-corrected chi connectivity index (χ1v) is 10.6. The summed E-state index contributed by atoms with van der Waals surface area (Å²) in [6, 6.07) is 4.75. The zero-order valence-corrected chi connectivity index (χ0v) is 16.7. The third-order valence-electron chi connectivity index (χ3n) is 4.15. The molecule has 0 atom stereocenters. The molecule has 1 aromatic carbocycles. The highest BCUT2D eigenvalue weighted by atomic mass is 32.2. The van der Waals surface area contributed by atoms with Gasteiger partial charge in [0.1, 0.15) is 5.82 Å². The van der Waals surface area contributed by atoms with Crippen molar-refractivity contribution in [1.82, 2.24) is 14.5 Å². The van der Waals surface area contributed by atoms with Crippen molar-refractivity contribution in [3.8, 4) is 0 Å². The lowest BCUT2D eigenvalue weighted by Crippen LogP contribution is -2.53. The Kier molecular flexibility index (Phi) is 8.00. The molecule has 1 aliphatic rings. The van der Waals surface area contributed by atoms with Crippen LogP contribution in [0.4, 0.5) is 9.18 Å². The van der Waals surface area contributed by atoms with Crippen molar-refractivity contribution >= 4 is 16.1 Å². The minimum Gasteiger partial charge on any atom is -0.381 e. The number of sulfonamides is 1. The average Bonchev–Trinajstić information content (AvgIpc) is 2.64. The summed E-state index contributed by atoms with van der Waals surface area (Å²) in [5, 5.41) is 2.82. The Morgan fingerprint density at radius 3 is 2.59 bits per heavy atom. The Hall–Kier alpha value is -1.71. The van der Waals surface area contributed by atoms with E-state index in [1.54, 1.807) is 4.90 Å². The number of urea groups is 1. The minimum atomic E-state index is -3.75. The Morgan fingerprint density at radius 1 is 1.26 bits per heavy atom. The van der Waals surface area contributed by atoms with E-state index in [0.29, 0.717) is 38.8 Å². The first-order valence-electron chi connectivity index (χ1n) is 9.17. The Labute approximate surface area is 160 Å². The average molecular weight is 402 g/mol. The molecule has 7 nitrogen and oxygen atoms in total. The summed E-state index contributed by atoms with van der Waals surface area (Å²) in [5.74, 6) is -0.106. The second kappa shape index (κ2) is 10.0. The molecule has 0 bridgehead atoms. The van der Waals surface area contributed by atoms with Crippen LogP contribution in [-0.4, -0.2) is 69.6 Å². The highest BCUT2D eigenvalue weighted by Gasteiger charge is 2.30. The third-order valence-corrected chi connectivity index (χ3v) is 6.05. The van der Waals surface area contributed by atoms with Gasteiger partial charge in [0.05, 0.1) is 4.90 Å². The SMILES string of the molecule is CC(C)COCCCNC(=O)N1CCN(S(=O)(=O)c2cccc(F)c2)CC1. The molecule has 1 aromatic rings. The fourth-order valence-electron chi connectivity index (χ4n) is 2.71.